The molecule has 1 amide bonds. The smallest absolute Gasteiger partial charge is 0.276 e. The number of nitrogens with zero attached hydrogens (tertiary/aromatic N) is 3. The van der Waals surface area contributed by atoms with Crippen molar-refractivity contribution >= 4 is 56.6 Å². The summed E-state index contributed by atoms with van der Waals surface area (Å²) >= 11 is 8.50. The molecule has 4 rings (SSSR count). The minimum atomic E-state index is -0.237. The number of carbonyl (C=O) groups excluding carboxylic acids is 1. The molecular formula is C18H14ClN5O2S2. The van der Waals surface area contributed by atoms with Gasteiger partial charge in [0.1, 0.15) is 4.70 Å². The van der Waals surface area contributed by atoms with Gasteiger partial charge in [-0.25, -0.2) is 4.98 Å². The Morgan fingerprint density at radius 2 is 2.11 bits per heavy atom. The molecule has 0 spiro atoms. The molecule has 3 heterocycles. The number of hydrogen-bond donors (Lipinski definition) is 2. The predicted octanol–water partition coefficient (Wildman–Crippen LogP) is 3.86. The number of hydrogen-bond acceptors (Lipinski definition) is 6. The summed E-state index contributed by atoms with van der Waals surface area (Å²) in [5.74, 6) is 0.306. The molecule has 1 aromatic carbocycles. The number of amides is 1. The van der Waals surface area contributed by atoms with E-state index in [0.29, 0.717) is 31.9 Å². The van der Waals surface area contributed by atoms with Crippen LogP contribution >= 0.6 is 34.7 Å². The van der Waals surface area contributed by atoms with Gasteiger partial charge in [0, 0.05) is 16.8 Å². The summed E-state index contributed by atoms with van der Waals surface area (Å²) in [5, 5.41) is 12.3. The van der Waals surface area contributed by atoms with E-state index >= 15 is 0 Å². The molecule has 0 atom stereocenters. The second-order valence-electron chi connectivity index (χ2n) is 5.92. The van der Waals surface area contributed by atoms with E-state index < -0.39 is 0 Å². The lowest BCUT2D eigenvalue weighted by Crippen LogP contribution is -2.22. The van der Waals surface area contributed by atoms with E-state index in [1.54, 1.807) is 36.4 Å². The van der Waals surface area contributed by atoms with Crippen molar-refractivity contribution in [3.05, 3.63) is 62.8 Å². The number of halogens is 1. The number of H-pyrrole nitrogens is 1. The van der Waals surface area contributed by atoms with Crippen LogP contribution in [0.1, 0.15) is 5.69 Å². The molecule has 0 saturated heterocycles. The molecule has 0 fully saturated rings. The summed E-state index contributed by atoms with van der Waals surface area (Å²) in [6.45, 7) is 1.85. The number of rotatable bonds is 5. The van der Waals surface area contributed by atoms with Gasteiger partial charge in [0.25, 0.3) is 5.56 Å². The van der Waals surface area contributed by atoms with E-state index in [0.717, 1.165) is 5.69 Å². The lowest BCUT2D eigenvalue weighted by molar-refractivity contribution is -0.113. The average Bonchev–Trinajstić information content (AvgIpc) is 3.30. The standard InChI is InChI=1S/C18H14ClN5O2S2/c1-10-8-14(23-22-10)21-15(25)9-28-18-20-13-6-7-27-16(13)17(26)24(18)12-4-2-11(19)3-5-12/h2-8H,9H2,1H3,(H2,21,22,23,25). The van der Waals surface area contributed by atoms with Crippen LogP contribution in [0.15, 0.2) is 51.7 Å². The van der Waals surface area contributed by atoms with Crippen LogP contribution in [-0.4, -0.2) is 31.4 Å². The molecule has 28 heavy (non-hydrogen) atoms. The Kier molecular flexibility index (Phi) is 5.21. The van der Waals surface area contributed by atoms with Gasteiger partial charge in [-0.15, -0.1) is 11.3 Å². The van der Waals surface area contributed by atoms with Crippen LogP contribution in [-0.2, 0) is 4.79 Å². The monoisotopic (exact) mass is 431 g/mol. The first-order valence-electron chi connectivity index (χ1n) is 8.22. The number of fused-ring (bicyclic) bond motifs is 1. The van der Waals surface area contributed by atoms with Gasteiger partial charge < -0.3 is 5.32 Å². The summed E-state index contributed by atoms with van der Waals surface area (Å²) in [4.78, 5) is 29.9. The number of thioether (sulfide) groups is 1. The normalized spacial score (nSPS) is 11.1. The number of aromatic amines is 1. The van der Waals surface area contributed by atoms with Crippen molar-refractivity contribution in [1.82, 2.24) is 19.7 Å². The molecule has 0 radical (unpaired) electrons. The Bertz CT molecular complexity index is 1210. The Labute approximate surface area is 172 Å². The second-order valence-corrected chi connectivity index (χ2v) is 8.21. The van der Waals surface area contributed by atoms with Crippen LogP contribution in [0.3, 0.4) is 0 Å². The maximum atomic E-state index is 13.0. The third-order valence-corrected chi connectivity index (χ3v) is 5.92. The van der Waals surface area contributed by atoms with Crippen molar-refractivity contribution in [3.63, 3.8) is 0 Å². The molecule has 0 aliphatic carbocycles. The lowest BCUT2D eigenvalue weighted by Gasteiger charge is -2.12. The average molecular weight is 432 g/mol. The van der Waals surface area contributed by atoms with Gasteiger partial charge in [-0.2, -0.15) is 5.10 Å². The van der Waals surface area contributed by atoms with Gasteiger partial charge in [0.2, 0.25) is 5.91 Å². The van der Waals surface area contributed by atoms with E-state index in [4.69, 9.17) is 11.6 Å². The van der Waals surface area contributed by atoms with Crippen molar-refractivity contribution < 1.29 is 4.79 Å². The third kappa shape index (κ3) is 3.82. The molecule has 2 N–H and O–H groups in total. The van der Waals surface area contributed by atoms with Gasteiger partial charge in [-0.1, -0.05) is 23.4 Å². The minimum absolute atomic E-state index is 0.0849. The highest BCUT2D eigenvalue weighted by atomic mass is 35.5. The van der Waals surface area contributed by atoms with Gasteiger partial charge in [0.15, 0.2) is 11.0 Å². The van der Waals surface area contributed by atoms with E-state index in [2.05, 4.69) is 20.5 Å². The topological polar surface area (TPSA) is 92.7 Å². The fraction of sp³-hybridized carbons (Fsp3) is 0.111. The van der Waals surface area contributed by atoms with Gasteiger partial charge in [0.05, 0.1) is 17.0 Å². The molecule has 0 aliphatic heterocycles. The molecule has 0 unspecified atom stereocenters. The predicted molar refractivity (Wildman–Crippen MR) is 113 cm³/mol. The molecule has 10 heteroatoms. The molecule has 142 valence electrons. The molecule has 3 aromatic heterocycles. The zero-order chi connectivity index (χ0) is 19.7. The Morgan fingerprint density at radius 1 is 1.32 bits per heavy atom. The summed E-state index contributed by atoms with van der Waals surface area (Å²) in [5.41, 5.74) is 1.94. The molecule has 4 aromatic rings. The number of anilines is 1. The van der Waals surface area contributed by atoms with Crippen molar-refractivity contribution in [1.29, 1.82) is 0 Å². The Morgan fingerprint density at radius 3 is 2.82 bits per heavy atom. The first-order chi connectivity index (χ1) is 13.5. The Hall–Kier alpha value is -2.62. The van der Waals surface area contributed by atoms with E-state index in [1.165, 1.54) is 27.7 Å². The minimum Gasteiger partial charge on any atom is -0.308 e. The number of aromatic nitrogens is 4. The zero-order valence-electron chi connectivity index (χ0n) is 14.6. The van der Waals surface area contributed by atoms with Crippen LogP contribution in [0.4, 0.5) is 5.82 Å². The summed E-state index contributed by atoms with van der Waals surface area (Å²) < 4.78 is 2.07. The van der Waals surface area contributed by atoms with Gasteiger partial charge >= 0.3 is 0 Å². The fourth-order valence-corrected chi connectivity index (χ4v) is 4.30. The van der Waals surface area contributed by atoms with Crippen LogP contribution in [0.25, 0.3) is 15.9 Å². The Balaban J connectivity index is 1.65. The number of benzene rings is 1. The van der Waals surface area contributed by atoms with Crippen LogP contribution in [0, 0.1) is 6.92 Å². The molecule has 0 aliphatic rings. The number of aryl methyl sites for hydroxylation is 1. The molecule has 0 bridgehead atoms. The van der Waals surface area contributed by atoms with E-state index in [9.17, 15) is 9.59 Å². The van der Waals surface area contributed by atoms with Crippen molar-refractivity contribution in [2.24, 2.45) is 0 Å². The number of thiophene rings is 1. The van der Waals surface area contributed by atoms with Crippen molar-refractivity contribution in [2.45, 2.75) is 12.1 Å². The van der Waals surface area contributed by atoms with Crippen molar-refractivity contribution in [3.8, 4) is 5.69 Å². The van der Waals surface area contributed by atoms with Gasteiger partial charge in [-0.05, 0) is 42.6 Å². The van der Waals surface area contributed by atoms with Gasteiger partial charge in [-0.3, -0.25) is 19.3 Å². The number of nitrogens with one attached hydrogen (secondary N) is 2. The lowest BCUT2D eigenvalue weighted by atomic mass is 10.3. The highest BCUT2D eigenvalue weighted by Gasteiger charge is 2.16. The maximum absolute atomic E-state index is 13.0. The van der Waals surface area contributed by atoms with E-state index in [1.807, 2.05) is 12.3 Å². The summed E-state index contributed by atoms with van der Waals surface area (Å²) in [6, 6.07) is 10.5. The first-order valence-corrected chi connectivity index (χ1v) is 10.5. The third-order valence-electron chi connectivity index (χ3n) is 3.84. The first kappa shape index (κ1) is 18.7. The SMILES string of the molecule is Cc1cc(NC(=O)CSc2nc3ccsc3c(=O)n2-c2ccc(Cl)cc2)n[nH]1. The number of carbonyl (C=O) groups is 1. The van der Waals surface area contributed by atoms with Crippen LogP contribution in [0.2, 0.25) is 5.02 Å². The highest BCUT2D eigenvalue weighted by Crippen LogP contribution is 2.24. The molecule has 0 saturated carbocycles. The maximum Gasteiger partial charge on any atom is 0.276 e. The van der Waals surface area contributed by atoms with E-state index in [-0.39, 0.29) is 17.2 Å². The summed E-state index contributed by atoms with van der Waals surface area (Å²) in [7, 11) is 0. The fourth-order valence-electron chi connectivity index (χ4n) is 2.60. The second kappa shape index (κ2) is 7.78. The molecule has 7 nitrogen and oxygen atoms in total. The quantitative estimate of drug-likeness (QED) is 0.369. The largest absolute Gasteiger partial charge is 0.308 e. The zero-order valence-corrected chi connectivity index (χ0v) is 17.0. The van der Waals surface area contributed by atoms with Crippen LogP contribution < -0.4 is 10.9 Å². The highest BCUT2D eigenvalue weighted by molar-refractivity contribution is 7.99. The molecular weight excluding hydrogens is 418 g/mol. The summed E-state index contributed by atoms with van der Waals surface area (Å²) in [6.07, 6.45) is 0. The van der Waals surface area contributed by atoms with Crippen molar-refractivity contribution in [2.75, 3.05) is 11.1 Å². The van der Waals surface area contributed by atoms with Crippen LogP contribution in [0.5, 0.6) is 0 Å².